The second kappa shape index (κ2) is 7.34. The van der Waals surface area contributed by atoms with E-state index in [0.29, 0.717) is 0 Å². The van der Waals surface area contributed by atoms with Crippen molar-refractivity contribution in [3.8, 4) is 0 Å². The van der Waals surface area contributed by atoms with Gasteiger partial charge in [0.15, 0.2) is 0 Å². The van der Waals surface area contributed by atoms with Crippen LogP contribution in [0.1, 0.15) is 52.4 Å². The molecule has 0 heterocycles. The van der Waals surface area contributed by atoms with Crippen LogP contribution in [0.3, 0.4) is 0 Å². The summed E-state index contributed by atoms with van der Waals surface area (Å²) in [4.78, 5) is 2.63. The largest absolute Gasteiger partial charge is 0.394 e. The summed E-state index contributed by atoms with van der Waals surface area (Å²) >= 11 is 0. The Morgan fingerprint density at radius 1 is 1.29 bits per heavy atom. The summed E-state index contributed by atoms with van der Waals surface area (Å²) < 4.78 is 0. The molecule has 3 heteroatoms. The molecule has 17 heavy (non-hydrogen) atoms. The van der Waals surface area contributed by atoms with Crippen LogP contribution in [-0.4, -0.2) is 48.3 Å². The van der Waals surface area contributed by atoms with E-state index in [1.165, 1.54) is 38.8 Å². The van der Waals surface area contributed by atoms with E-state index in [4.69, 9.17) is 0 Å². The van der Waals surface area contributed by atoms with Crippen molar-refractivity contribution in [2.45, 2.75) is 64.0 Å². The summed E-state index contributed by atoms with van der Waals surface area (Å²) in [5, 5.41) is 12.8. The molecule has 0 spiro atoms. The normalized spacial score (nSPS) is 19.6. The van der Waals surface area contributed by atoms with Crippen molar-refractivity contribution in [2.75, 3.05) is 26.7 Å². The van der Waals surface area contributed by atoms with E-state index >= 15 is 0 Å². The minimum absolute atomic E-state index is 0.0541. The van der Waals surface area contributed by atoms with E-state index in [-0.39, 0.29) is 12.1 Å². The van der Waals surface area contributed by atoms with Gasteiger partial charge in [-0.15, -0.1) is 0 Å². The van der Waals surface area contributed by atoms with Gasteiger partial charge in [0.25, 0.3) is 0 Å². The Hall–Kier alpha value is -0.120. The van der Waals surface area contributed by atoms with E-state index in [0.717, 1.165) is 18.9 Å². The van der Waals surface area contributed by atoms with Crippen LogP contribution < -0.4 is 5.32 Å². The molecule has 0 bridgehead atoms. The molecule has 0 aromatic carbocycles. The second-order valence-corrected chi connectivity index (χ2v) is 5.41. The van der Waals surface area contributed by atoms with Gasteiger partial charge in [0.1, 0.15) is 0 Å². The summed E-state index contributed by atoms with van der Waals surface area (Å²) in [6.45, 7) is 7.09. The van der Waals surface area contributed by atoms with Gasteiger partial charge in [0.05, 0.1) is 6.61 Å². The predicted octanol–water partition coefficient (Wildman–Crippen LogP) is 2.00. The van der Waals surface area contributed by atoms with Gasteiger partial charge in [-0.1, -0.05) is 13.8 Å². The van der Waals surface area contributed by atoms with Gasteiger partial charge in [-0.05, 0) is 58.7 Å². The first kappa shape index (κ1) is 14.9. The number of aliphatic hydroxyl groups excluding tert-OH is 1. The summed E-state index contributed by atoms with van der Waals surface area (Å²) in [5.74, 6) is 0. The Morgan fingerprint density at radius 3 is 2.41 bits per heavy atom. The van der Waals surface area contributed by atoms with Crippen molar-refractivity contribution in [3.05, 3.63) is 0 Å². The molecule has 0 saturated heterocycles. The van der Waals surface area contributed by atoms with Crippen LogP contribution in [0.4, 0.5) is 0 Å². The van der Waals surface area contributed by atoms with Crippen molar-refractivity contribution in [1.29, 1.82) is 0 Å². The van der Waals surface area contributed by atoms with Gasteiger partial charge in [0.2, 0.25) is 0 Å². The second-order valence-electron chi connectivity index (χ2n) is 5.41. The lowest BCUT2D eigenvalue weighted by Gasteiger charge is -2.31. The standard InChI is InChI=1S/C14H30N2O/c1-4-10-16(13-7-8-13)11-6-9-14(5-2,12-17)15-3/h13,15,17H,4-12H2,1-3H3. The lowest BCUT2D eigenvalue weighted by molar-refractivity contribution is 0.144. The van der Waals surface area contributed by atoms with E-state index in [1.807, 2.05) is 7.05 Å². The molecule has 2 N–H and O–H groups in total. The number of nitrogens with zero attached hydrogens (tertiary/aromatic N) is 1. The Morgan fingerprint density at radius 2 is 2.00 bits per heavy atom. The number of hydrogen-bond acceptors (Lipinski definition) is 3. The molecule has 0 radical (unpaired) electrons. The summed E-state index contributed by atoms with van der Waals surface area (Å²) in [6, 6.07) is 0.870. The van der Waals surface area contributed by atoms with Gasteiger partial charge >= 0.3 is 0 Å². The number of nitrogens with one attached hydrogen (secondary N) is 1. The van der Waals surface area contributed by atoms with E-state index in [2.05, 4.69) is 24.1 Å². The van der Waals surface area contributed by atoms with Gasteiger partial charge in [-0.2, -0.15) is 0 Å². The molecule has 1 atom stereocenters. The van der Waals surface area contributed by atoms with Crippen LogP contribution in [0.15, 0.2) is 0 Å². The topological polar surface area (TPSA) is 35.5 Å². The van der Waals surface area contributed by atoms with Crippen LogP contribution in [-0.2, 0) is 0 Å². The highest BCUT2D eigenvalue weighted by atomic mass is 16.3. The van der Waals surface area contributed by atoms with E-state index in [1.54, 1.807) is 0 Å². The predicted molar refractivity (Wildman–Crippen MR) is 73.3 cm³/mol. The third-order valence-corrected chi connectivity index (χ3v) is 4.18. The molecule has 1 fully saturated rings. The monoisotopic (exact) mass is 242 g/mol. The molecular formula is C14H30N2O. The summed E-state index contributed by atoms with van der Waals surface area (Å²) in [7, 11) is 1.96. The van der Waals surface area contributed by atoms with E-state index in [9.17, 15) is 5.11 Å². The van der Waals surface area contributed by atoms with Crippen molar-refractivity contribution < 1.29 is 5.11 Å². The first-order valence-electron chi connectivity index (χ1n) is 7.25. The molecule has 1 rings (SSSR count). The molecule has 0 amide bonds. The highest BCUT2D eigenvalue weighted by Gasteiger charge is 2.29. The molecule has 3 nitrogen and oxygen atoms in total. The lowest BCUT2D eigenvalue weighted by atomic mass is 9.91. The quantitative estimate of drug-likeness (QED) is 0.615. The molecule has 1 unspecified atom stereocenters. The molecule has 0 aromatic heterocycles. The van der Waals surface area contributed by atoms with Crippen molar-refractivity contribution >= 4 is 0 Å². The Labute approximate surface area is 107 Å². The highest BCUT2D eigenvalue weighted by Crippen LogP contribution is 2.27. The zero-order chi connectivity index (χ0) is 12.7. The zero-order valence-corrected chi connectivity index (χ0v) is 11.8. The first-order chi connectivity index (χ1) is 8.21. The average molecular weight is 242 g/mol. The van der Waals surface area contributed by atoms with Crippen LogP contribution in [0.25, 0.3) is 0 Å². The molecule has 1 aliphatic carbocycles. The van der Waals surface area contributed by atoms with Crippen LogP contribution in [0.5, 0.6) is 0 Å². The highest BCUT2D eigenvalue weighted by molar-refractivity contribution is 4.87. The number of aliphatic hydroxyl groups is 1. The Kier molecular flexibility index (Phi) is 6.45. The van der Waals surface area contributed by atoms with Crippen LogP contribution in [0.2, 0.25) is 0 Å². The fourth-order valence-corrected chi connectivity index (χ4v) is 2.57. The molecule has 0 aliphatic heterocycles. The minimum atomic E-state index is -0.0541. The lowest BCUT2D eigenvalue weighted by Crippen LogP contribution is -2.46. The van der Waals surface area contributed by atoms with E-state index < -0.39 is 0 Å². The molecular weight excluding hydrogens is 212 g/mol. The average Bonchev–Trinajstić information content (AvgIpc) is 3.18. The maximum Gasteiger partial charge on any atom is 0.0613 e. The smallest absolute Gasteiger partial charge is 0.0613 e. The fraction of sp³-hybridized carbons (Fsp3) is 1.00. The van der Waals surface area contributed by atoms with Crippen molar-refractivity contribution in [2.24, 2.45) is 0 Å². The number of rotatable bonds is 10. The van der Waals surface area contributed by atoms with Gasteiger partial charge in [-0.3, -0.25) is 0 Å². The van der Waals surface area contributed by atoms with Crippen molar-refractivity contribution in [3.63, 3.8) is 0 Å². The van der Waals surface area contributed by atoms with Crippen LogP contribution in [0, 0.1) is 0 Å². The number of hydrogen-bond donors (Lipinski definition) is 2. The van der Waals surface area contributed by atoms with Crippen LogP contribution >= 0.6 is 0 Å². The molecule has 1 aliphatic rings. The molecule has 102 valence electrons. The third kappa shape index (κ3) is 4.57. The third-order valence-electron chi connectivity index (χ3n) is 4.18. The molecule has 1 saturated carbocycles. The van der Waals surface area contributed by atoms with Gasteiger partial charge < -0.3 is 15.3 Å². The van der Waals surface area contributed by atoms with Crippen molar-refractivity contribution in [1.82, 2.24) is 10.2 Å². The fourth-order valence-electron chi connectivity index (χ4n) is 2.57. The first-order valence-corrected chi connectivity index (χ1v) is 7.25. The minimum Gasteiger partial charge on any atom is -0.394 e. The van der Waals surface area contributed by atoms with Gasteiger partial charge in [0, 0.05) is 11.6 Å². The summed E-state index contributed by atoms with van der Waals surface area (Å²) in [6.07, 6.45) is 7.30. The SMILES string of the molecule is CCCN(CCCC(CC)(CO)NC)C1CC1. The number of likely N-dealkylation sites (N-methyl/N-ethyl adjacent to an activating group) is 1. The maximum absolute atomic E-state index is 9.49. The summed E-state index contributed by atoms with van der Waals surface area (Å²) in [5.41, 5.74) is -0.0541. The maximum atomic E-state index is 9.49. The Bertz CT molecular complexity index is 192. The Balaban J connectivity index is 2.28. The molecule has 0 aromatic rings. The zero-order valence-electron chi connectivity index (χ0n) is 11.8. The van der Waals surface area contributed by atoms with Gasteiger partial charge in [-0.25, -0.2) is 0 Å².